The molecule has 4 nitrogen and oxygen atoms in total. The first-order valence-corrected chi connectivity index (χ1v) is 4.74. The zero-order valence-electron chi connectivity index (χ0n) is 8.95. The fourth-order valence-electron chi connectivity index (χ4n) is 1.40. The predicted molar refractivity (Wildman–Crippen MR) is 59.8 cm³/mol. The lowest BCUT2D eigenvalue weighted by atomic mass is 9.84. The van der Waals surface area contributed by atoms with Gasteiger partial charge in [0.15, 0.2) is 0 Å². The Kier molecular flexibility index (Phi) is 3.31. The molecule has 1 aromatic rings. The molecule has 0 atom stereocenters. The first kappa shape index (κ1) is 11.5. The third-order valence-corrected chi connectivity index (χ3v) is 2.31. The van der Waals surface area contributed by atoms with E-state index in [4.69, 9.17) is 5.73 Å². The highest BCUT2D eigenvalue weighted by Gasteiger charge is 2.22. The molecule has 0 spiro atoms. The minimum Gasteiger partial charge on any atom is -0.395 e. The highest BCUT2D eigenvalue weighted by molar-refractivity contribution is 5.88. The minimum atomic E-state index is -0.601. The maximum atomic E-state index is 10.8. The topological polar surface area (TPSA) is 75.3 Å². The van der Waals surface area contributed by atoms with Gasteiger partial charge >= 0.3 is 6.03 Å². The monoisotopic (exact) mass is 208 g/mol. The van der Waals surface area contributed by atoms with Gasteiger partial charge in [0.25, 0.3) is 0 Å². The molecule has 15 heavy (non-hydrogen) atoms. The zero-order valence-corrected chi connectivity index (χ0v) is 8.95. The Balaban J connectivity index is 3.11. The van der Waals surface area contributed by atoms with Gasteiger partial charge in [0, 0.05) is 11.1 Å². The lowest BCUT2D eigenvalue weighted by Gasteiger charge is -2.25. The van der Waals surface area contributed by atoms with Crippen LogP contribution in [-0.4, -0.2) is 17.7 Å². The van der Waals surface area contributed by atoms with Crippen molar-refractivity contribution in [2.75, 3.05) is 11.9 Å². The average molecular weight is 208 g/mol. The smallest absolute Gasteiger partial charge is 0.316 e. The van der Waals surface area contributed by atoms with E-state index < -0.39 is 11.4 Å². The standard InChI is InChI=1S/C11H16N2O2/c1-11(2,7-14)8-5-3-4-6-9(8)13-10(12)15/h3-6,14H,7H2,1-2H3,(H3,12,13,15). The van der Waals surface area contributed by atoms with Crippen molar-refractivity contribution in [1.29, 1.82) is 0 Å². The first-order chi connectivity index (χ1) is 6.97. The quantitative estimate of drug-likeness (QED) is 0.703. The fourth-order valence-corrected chi connectivity index (χ4v) is 1.40. The second-order valence-corrected chi connectivity index (χ2v) is 4.08. The Morgan fingerprint density at radius 1 is 1.47 bits per heavy atom. The molecule has 1 rings (SSSR count). The second-order valence-electron chi connectivity index (χ2n) is 4.08. The normalized spacial score (nSPS) is 11.1. The summed E-state index contributed by atoms with van der Waals surface area (Å²) in [6.45, 7) is 3.80. The van der Waals surface area contributed by atoms with Gasteiger partial charge in [-0.1, -0.05) is 32.0 Å². The molecular formula is C11H16N2O2. The van der Waals surface area contributed by atoms with Gasteiger partial charge in [-0.05, 0) is 11.6 Å². The lowest BCUT2D eigenvalue weighted by Crippen LogP contribution is -2.26. The minimum absolute atomic E-state index is 0.00442. The summed E-state index contributed by atoms with van der Waals surface area (Å²) in [6, 6.07) is 6.69. The van der Waals surface area contributed by atoms with Crippen LogP contribution in [0, 0.1) is 0 Å². The van der Waals surface area contributed by atoms with Crippen LogP contribution >= 0.6 is 0 Å². The van der Waals surface area contributed by atoms with Crippen LogP contribution in [-0.2, 0) is 5.41 Å². The van der Waals surface area contributed by atoms with Crippen LogP contribution in [0.3, 0.4) is 0 Å². The summed E-state index contributed by atoms with van der Waals surface area (Å²) < 4.78 is 0. The number of benzene rings is 1. The molecule has 0 radical (unpaired) electrons. The molecule has 82 valence electrons. The molecular weight excluding hydrogens is 192 g/mol. The van der Waals surface area contributed by atoms with Crippen LogP contribution < -0.4 is 11.1 Å². The van der Waals surface area contributed by atoms with Gasteiger partial charge in [-0.25, -0.2) is 4.79 Å². The summed E-state index contributed by atoms with van der Waals surface area (Å²) in [4.78, 5) is 10.8. The van der Waals surface area contributed by atoms with Crippen molar-refractivity contribution in [3.8, 4) is 0 Å². The fraction of sp³-hybridized carbons (Fsp3) is 0.364. The van der Waals surface area contributed by atoms with E-state index in [0.29, 0.717) is 5.69 Å². The molecule has 0 aromatic heterocycles. The van der Waals surface area contributed by atoms with Crippen LogP contribution in [0.2, 0.25) is 0 Å². The number of hydrogen-bond acceptors (Lipinski definition) is 2. The van der Waals surface area contributed by atoms with Crippen LogP contribution in [0.15, 0.2) is 24.3 Å². The highest BCUT2D eigenvalue weighted by atomic mass is 16.3. The van der Waals surface area contributed by atoms with E-state index in [2.05, 4.69) is 5.32 Å². The molecule has 4 N–H and O–H groups in total. The van der Waals surface area contributed by atoms with Gasteiger partial charge in [0.1, 0.15) is 0 Å². The van der Waals surface area contributed by atoms with Crippen molar-refractivity contribution >= 4 is 11.7 Å². The molecule has 0 aliphatic carbocycles. The number of nitrogens with two attached hydrogens (primary N) is 1. The highest BCUT2D eigenvalue weighted by Crippen LogP contribution is 2.29. The summed E-state index contributed by atoms with van der Waals surface area (Å²) in [5.41, 5.74) is 6.17. The zero-order chi connectivity index (χ0) is 11.5. The number of nitrogens with one attached hydrogen (secondary N) is 1. The van der Waals surface area contributed by atoms with Gasteiger partial charge in [0.2, 0.25) is 0 Å². The van der Waals surface area contributed by atoms with E-state index in [1.807, 2.05) is 32.0 Å². The van der Waals surface area contributed by atoms with Gasteiger partial charge < -0.3 is 16.2 Å². The number of aliphatic hydroxyl groups is 1. The molecule has 4 heteroatoms. The number of anilines is 1. The largest absolute Gasteiger partial charge is 0.395 e. The molecule has 0 saturated heterocycles. The summed E-state index contributed by atoms with van der Waals surface area (Å²) in [5, 5.41) is 11.8. The number of carbonyl (C=O) groups is 1. The number of amides is 2. The molecule has 0 aliphatic rings. The number of hydrogen-bond donors (Lipinski definition) is 3. The Morgan fingerprint density at radius 3 is 2.60 bits per heavy atom. The van der Waals surface area contributed by atoms with Crippen molar-refractivity contribution in [1.82, 2.24) is 0 Å². The van der Waals surface area contributed by atoms with Gasteiger partial charge in [-0.3, -0.25) is 0 Å². The van der Waals surface area contributed by atoms with Gasteiger partial charge in [-0.2, -0.15) is 0 Å². The van der Waals surface area contributed by atoms with Crippen molar-refractivity contribution in [2.24, 2.45) is 5.73 Å². The molecule has 2 amide bonds. The van der Waals surface area contributed by atoms with E-state index in [1.54, 1.807) is 6.07 Å². The SMILES string of the molecule is CC(C)(CO)c1ccccc1NC(N)=O. The summed E-state index contributed by atoms with van der Waals surface area (Å²) in [7, 11) is 0. The third-order valence-electron chi connectivity index (χ3n) is 2.31. The third kappa shape index (κ3) is 2.70. The number of rotatable bonds is 3. The molecule has 0 unspecified atom stereocenters. The van der Waals surface area contributed by atoms with Crippen molar-refractivity contribution in [3.05, 3.63) is 29.8 Å². The van der Waals surface area contributed by atoms with Crippen molar-refractivity contribution in [2.45, 2.75) is 19.3 Å². The van der Waals surface area contributed by atoms with Crippen LogP contribution in [0.4, 0.5) is 10.5 Å². The molecule has 0 aliphatic heterocycles. The summed E-state index contributed by atoms with van der Waals surface area (Å²) in [6.07, 6.45) is 0. The number of aliphatic hydroxyl groups excluding tert-OH is 1. The first-order valence-electron chi connectivity index (χ1n) is 4.74. The van der Waals surface area contributed by atoms with E-state index >= 15 is 0 Å². The summed E-state index contributed by atoms with van der Waals surface area (Å²) >= 11 is 0. The number of urea groups is 1. The van der Waals surface area contributed by atoms with Crippen molar-refractivity contribution in [3.63, 3.8) is 0 Å². The van der Waals surface area contributed by atoms with Crippen LogP contribution in [0.1, 0.15) is 19.4 Å². The average Bonchev–Trinajstić information content (AvgIpc) is 2.17. The Hall–Kier alpha value is -1.55. The second kappa shape index (κ2) is 4.31. The van der Waals surface area contributed by atoms with Crippen molar-refractivity contribution < 1.29 is 9.90 Å². The van der Waals surface area contributed by atoms with E-state index in [1.165, 1.54) is 0 Å². The number of carbonyl (C=O) groups excluding carboxylic acids is 1. The molecule has 0 heterocycles. The molecule has 0 fully saturated rings. The van der Waals surface area contributed by atoms with Crippen LogP contribution in [0.5, 0.6) is 0 Å². The van der Waals surface area contributed by atoms with E-state index in [0.717, 1.165) is 5.56 Å². The lowest BCUT2D eigenvalue weighted by molar-refractivity contribution is 0.219. The molecule has 0 bridgehead atoms. The molecule has 0 saturated carbocycles. The van der Waals surface area contributed by atoms with Gasteiger partial charge in [-0.15, -0.1) is 0 Å². The Bertz CT molecular complexity index is 361. The number of primary amides is 1. The van der Waals surface area contributed by atoms with E-state index in [-0.39, 0.29) is 6.61 Å². The van der Waals surface area contributed by atoms with Crippen LogP contribution in [0.25, 0.3) is 0 Å². The Labute approximate surface area is 89.1 Å². The Morgan fingerprint density at radius 2 is 2.07 bits per heavy atom. The maximum Gasteiger partial charge on any atom is 0.316 e. The molecule has 1 aromatic carbocycles. The maximum absolute atomic E-state index is 10.8. The van der Waals surface area contributed by atoms with Gasteiger partial charge in [0.05, 0.1) is 6.61 Å². The van der Waals surface area contributed by atoms with E-state index in [9.17, 15) is 9.90 Å². The number of para-hydroxylation sites is 1. The summed E-state index contributed by atoms with van der Waals surface area (Å²) in [5.74, 6) is 0. The predicted octanol–water partition coefficient (Wildman–Crippen LogP) is 1.45.